The first-order valence-corrected chi connectivity index (χ1v) is 7.88. The van der Waals surface area contributed by atoms with Gasteiger partial charge in [-0.3, -0.25) is 9.36 Å². The maximum atomic E-state index is 13.5. The van der Waals surface area contributed by atoms with Crippen molar-refractivity contribution in [3.63, 3.8) is 0 Å². The van der Waals surface area contributed by atoms with Crippen LogP contribution in [0.5, 0.6) is 0 Å². The van der Waals surface area contributed by atoms with E-state index in [0.717, 1.165) is 36.4 Å². The number of amides is 1. The van der Waals surface area contributed by atoms with Gasteiger partial charge >= 0.3 is 5.69 Å². The van der Waals surface area contributed by atoms with E-state index in [9.17, 15) is 18.4 Å². The van der Waals surface area contributed by atoms with Crippen LogP contribution in [0.3, 0.4) is 0 Å². The summed E-state index contributed by atoms with van der Waals surface area (Å²) in [4.78, 5) is 23.7. The predicted molar refractivity (Wildman–Crippen MR) is 83.4 cm³/mol. The standard InChI is InChI=1S/C14H16F2N4O2S/c1-3-6-20-13(22)18-19-14(20)23-8(2)12(21)17-11-7-9(15)4-5-10(11)16/h4-5,7-8H,3,6H2,1-2H3,(H,17,21)(H,18,22)/t8-/m1/s1. The van der Waals surface area contributed by atoms with E-state index >= 15 is 0 Å². The number of benzene rings is 1. The molecule has 2 rings (SSSR count). The van der Waals surface area contributed by atoms with Crippen LogP contribution in [-0.2, 0) is 11.3 Å². The summed E-state index contributed by atoms with van der Waals surface area (Å²) in [5.74, 6) is -1.89. The Kier molecular flexibility index (Phi) is 5.54. The minimum absolute atomic E-state index is 0.226. The quantitative estimate of drug-likeness (QED) is 0.790. The maximum Gasteiger partial charge on any atom is 0.343 e. The van der Waals surface area contributed by atoms with Crippen molar-refractivity contribution in [2.24, 2.45) is 0 Å². The lowest BCUT2D eigenvalue weighted by Gasteiger charge is -2.12. The van der Waals surface area contributed by atoms with Crippen molar-refractivity contribution in [3.05, 3.63) is 40.3 Å². The monoisotopic (exact) mass is 342 g/mol. The first-order valence-electron chi connectivity index (χ1n) is 7.00. The van der Waals surface area contributed by atoms with Crippen LogP contribution in [0.15, 0.2) is 28.2 Å². The zero-order chi connectivity index (χ0) is 17.0. The molecule has 0 bridgehead atoms. The van der Waals surface area contributed by atoms with Crippen molar-refractivity contribution in [1.29, 1.82) is 0 Å². The van der Waals surface area contributed by atoms with Gasteiger partial charge < -0.3 is 5.32 Å². The average molecular weight is 342 g/mol. The molecule has 0 fully saturated rings. The highest BCUT2D eigenvalue weighted by atomic mass is 32.2. The highest BCUT2D eigenvalue weighted by Gasteiger charge is 2.20. The van der Waals surface area contributed by atoms with Crippen LogP contribution < -0.4 is 11.0 Å². The number of H-pyrrole nitrogens is 1. The number of carbonyl (C=O) groups excluding carboxylic acids is 1. The zero-order valence-electron chi connectivity index (χ0n) is 12.6. The molecule has 0 radical (unpaired) electrons. The van der Waals surface area contributed by atoms with Crippen LogP contribution in [0.2, 0.25) is 0 Å². The van der Waals surface area contributed by atoms with E-state index in [1.54, 1.807) is 6.92 Å². The van der Waals surface area contributed by atoms with Crippen LogP contribution in [0.25, 0.3) is 0 Å². The van der Waals surface area contributed by atoms with Gasteiger partial charge in [-0.2, -0.15) is 0 Å². The molecule has 0 saturated heterocycles. The number of nitrogens with one attached hydrogen (secondary N) is 2. The van der Waals surface area contributed by atoms with E-state index in [4.69, 9.17) is 0 Å². The molecule has 6 nitrogen and oxygen atoms in total. The molecule has 2 aromatic rings. The van der Waals surface area contributed by atoms with E-state index in [2.05, 4.69) is 15.5 Å². The van der Waals surface area contributed by atoms with Crippen molar-refractivity contribution >= 4 is 23.4 Å². The number of hydrogen-bond acceptors (Lipinski definition) is 4. The Hall–Kier alpha value is -2.16. The Morgan fingerprint density at radius 2 is 2.22 bits per heavy atom. The molecule has 1 amide bonds. The summed E-state index contributed by atoms with van der Waals surface area (Å²) in [7, 11) is 0. The Morgan fingerprint density at radius 3 is 2.91 bits per heavy atom. The molecule has 0 spiro atoms. The highest BCUT2D eigenvalue weighted by Crippen LogP contribution is 2.22. The lowest BCUT2D eigenvalue weighted by Crippen LogP contribution is -2.24. The summed E-state index contributed by atoms with van der Waals surface area (Å²) in [6, 6.07) is 2.82. The van der Waals surface area contributed by atoms with E-state index in [-0.39, 0.29) is 11.4 Å². The molecule has 23 heavy (non-hydrogen) atoms. The second kappa shape index (κ2) is 7.40. The van der Waals surface area contributed by atoms with Crippen LogP contribution in [0.4, 0.5) is 14.5 Å². The summed E-state index contributed by atoms with van der Waals surface area (Å²) in [5.41, 5.74) is -0.575. The Balaban J connectivity index is 2.08. The maximum absolute atomic E-state index is 13.5. The molecule has 2 N–H and O–H groups in total. The number of anilines is 1. The molecule has 0 aliphatic rings. The van der Waals surface area contributed by atoms with E-state index < -0.39 is 22.8 Å². The van der Waals surface area contributed by atoms with Gasteiger partial charge in [-0.15, -0.1) is 5.10 Å². The summed E-state index contributed by atoms with van der Waals surface area (Å²) >= 11 is 1.06. The number of nitrogens with zero attached hydrogens (tertiary/aromatic N) is 2. The Labute approximate surface area is 135 Å². The molecule has 0 aliphatic carbocycles. The van der Waals surface area contributed by atoms with Crippen LogP contribution in [0.1, 0.15) is 20.3 Å². The molecule has 124 valence electrons. The van der Waals surface area contributed by atoms with Crippen LogP contribution >= 0.6 is 11.8 Å². The number of carbonyl (C=O) groups is 1. The molecule has 9 heteroatoms. The molecule has 1 aromatic heterocycles. The Morgan fingerprint density at radius 1 is 1.48 bits per heavy atom. The largest absolute Gasteiger partial charge is 0.343 e. The third-order valence-electron chi connectivity index (χ3n) is 3.01. The SMILES string of the molecule is CCCn1c(S[C@H](C)C(=O)Nc2cc(F)ccc2F)n[nH]c1=O. The molecule has 0 aliphatic heterocycles. The third kappa shape index (κ3) is 4.19. The van der Waals surface area contributed by atoms with Crippen molar-refractivity contribution in [1.82, 2.24) is 14.8 Å². The summed E-state index contributed by atoms with van der Waals surface area (Å²) in [6.45, 7) is 3.98. The molecule has 0 unspecified atom stereocenters. The first kappa shape index (κ1) is 17.2. The molecule has 1 heterocycles. The zero-order valence-corrected chi connectivity index (χ0v) is 13.4. The van der Waals surface area contributed by atoms with Gasteiger partial charge in [0.15, 0.2) is 5.16 Å². The third-order valence-corrected chi connectivity index (χ3v) is 4.10. The predicted octanol–water partition coefficient (Wildman–Crippen LogP) is 2.38. The van der Waals surface area contributed by atoms with Gasteiger partial charge in [-0.05, 0) is 25.5 Å². The molecular weight excluding hydrogens is 326 g/mol. The highest BCUT2D eigenvalue weighted by molar-refractivity contribution is 8.00. The fraction of sp³-hybridized carbons (Fsp3) is 0.357. The second-order valence-corrected chi connectivity index (χ2v) is 6.14. The number of aromatic amines is 1. The van der Waals surface area contributed by atoms with Crippen molar-refractivity contribution in [2.45, 2.75) is 37.2 Å². The lowest BCUT2D eigenvalue weighted by atomic mass is 10.3. The van der Waals surface area contributed by atoms with E-state index in [1.165, 1.54) is 4.57 Å². The normalized spacial score (nSPS) is 12.2. The molecule has 1 aromatic carbocycles. The lowest BCUT2D eigenvalue weighted by molar-refractivity contribution is -0.115. The van der Waals surface area contributed by atoms with Gasteiger partial charge in [-0.25, -0.2) is 18.7 Å². The summed E-state index contributed by atoms with van der Waals surface area (Å²) < 4.78 is 28.1. The van der Waals surface area contributed by atoms with Gasteiger partial charge in [0.2, 0.25) is 5.91 Å². The number of thioether (sulfide) groups is 1. The van der Waals surface area contributed by atoms with Crippen LogP contribution in [-0.4, -0.2) is 25.9 Å². The molecule has 1 atom stereocenters. The van der Waals surface area contributed by atoms with Gasteiger partial charge in [0.05, 0.1) is 10.9 Å². The minimum Gasteiger partial charge on any atom is -0.323 e. The average Bonchev–Trinajstić information content (AvgIpc) is 2.84. The van der Waals surface area contributed by atoms with Crippen molar-refractivity contribution in [3.8, 4) is 0 Å². The summed E-state index contributed by atoms with van der Waals surface area (Å²) in [5, 5.41) is 8.25. The minimum atomic E-state index is -0.723. The molecular formula is C14H16F2N4O2S. The topological polar surface area (TPSA) is 79.8 Å². The smallest absolute Gasteiger partial charge is 0.323 e. The number of rotatable bonds is 6. The summed E-state index contributed by atoms with van der Waals surface area (Å²) in [6.07, 6.45) is 0.738. The fourth-order valence-electron chi connectivity index (χ4n) is 1.85. The van der Waals surface area contributed by atoms with Crippen LogP contribution in [0, 0.1) is 11.6 Å². The number of halogens is 2. The van der Waals surface area contributed by atoms with Gasteiger partial charge in [0.25, 0.3) is 0 Å². The van der Waals surface area contributed by atoms with Crippen molar-refractivity contribution < 1.29 is 13.6 Å². The second-order valence-electron chi connectivity index (χ2n) is 4.84. The fourth-order valence-corrected chi connectivity index (χ4v) is 2.74. The van der Waals surface area contributed by atoms with Gasteiger partial charge in [-0.1, -0.05) is 18.7 Å². The van der Waals surface area contributed by atoms with E-state index in [1.807, 2.05) is 6.92 Å². The molecule has 0 saturated carbocycles. The Bertz CT molecular complexity index is 759. The van der Waals surface area contributed by atoms with E-state index in [0.29, 0.717) is 11.7 Å². The first-order chi connectivity index (χ1) is 10.9. The van der Waals surface area contributed by atoms with Gasteiger partial charge in [0.1, 0.15) is 11.6 Å². The van der Waals surface area contributed by atoms with Gasteiger partial charge in [0, 0.05) is 12.6 Å². The van der Waals surface area contributed by atoms with Crippen molar-refractivity contribution in [2.75, 3.05) is 5.32 Å². The number of aromatic nitrogens is 3. The number of hydrogen-bond donors (Lipinski definition) is 2.